The van der Waals surface area contributed by atoms with Crippen LogP contribution in [0.5, 0.6) is 0 Å². The number of rotatable bonds is 4. The molecule has 3 rings (SSSR count). The van der Waals surface area contributed by atoms with E-state index in [9.17, 15) is 9.59 Å². The summed E-state index contributed by atoms with van der Waals surface area (Å²) in [7, 11) is 0. The van der Waals surface area contributed by atoms with Crippen LogP contribution in [-0.2, 0) is 11.3 Å². The summed E-state index contributed by atoms with van der Waals surface area (Å²) in [5.41, 5.74) is 2.46. The van der Waals surface area contributed by atoms with Crippen LogP contribution in [0.1, 0.15) is 21.6 Å². The SMILES string of the molecule is Cc1cccc(C(=O)N2CSCC2C(=O)NCc2ccccn2)c1. The lowest BCUT2D eigenvalue weighted by Crippen LogP contribution is -2.47. The first kappa shape index (κ1) is 16.5. The summed E-state index contributed by atoms with van der Waals surface area (Å²) in [6.07, 6.45) is 1.69. The smallest absolute Gasteiger partial charge is 0.255 e. The Morgan fingerprint density at radius 2 is 2.17 bits per heavy atom. The minimum Gasteiger partial charge on any atom is -0.349 e. The number of hydrogen-bond acceptors (Lipinski definition) is 4. The zero-order valence-corrected chi connectivity index (χ0v) is 14.3. The minimum absolute atomic E-state index is 0.0957. The average Bonchev–Trinajstić information content (AvgIpc) is 3.09. The molecule has 24 heavy (non-hydrogen) atoms. The Morgan fingerprint density at radius 3 is 2.92 bits per heavy atom. The molecule has 0 bridgehead atoms. The van der Waals surface area contributed by atoms with Crippen molar-refractivity contribution in [3.05, 3.63) is 65.5 Å². The second-order valence-electron chi connectivity index (χ2n) is 5.70. The number of benzene rings is 1. The van der Waals surface area contributed by atoms with Crippen LogP contribution >= 0.6 is 11.8 Å². The molecule has 1 aliphatic rings. The highest BCUT2D eigenvalue weighted by atomic mass is 32.2. The Balaban J connectivity index is 1.66. The van der Waals surface area contributed by atoms with Gasteiger partial charge in [0, 0.05) is 17.5 Å². The van der Waals surface area contributed by atoms with Crippen molar-refractivity contribution in [2.75, 3.05) is 11.6 Å². The van der Waals surface area contributed by atoms with Crippen molar-refractivity contribution in [1.29, 1.82) is 0 Å². The Labute approximate surface area is 145 Å². The predicted octanol–water partition coefficient (Wildman–Crippen LogP) is 2.22. The van der Waals surface area contributed by atoms with Crippen LogP contribution in [0, 0.1) is 6.92 Å². The normalized spacial score (nSPS) is 16.9. The number of amides is 2. The zero-order chi connectivity index (χ0) is 16.9. The van der Waals surface area contributed by atoms with Crippen molar-refractivity contribution in [2.24, 2.45) is 0 Å². The monoisotopic (exact) mass is 341 g/mol. The maximum Gasteiger partial charge on any atom is 0.255 e. The summed E-state index contributed by atoms with van der Waals surface area (Å²) in [6.45, 7) is 2.32. The first-order valence-electron chi connectivity index (χ1n) is 7.78. The number of hydrogen-bond donors (Lipinski definition) is 1. The van der Waals surface area contributed by atoms with Gasteiger partial charge in [0.1, 0.15) is 6.04 Å². The number of nitrogens with zero attached hydrogens (tertiary/aromatic N) is 2. The summed E-state index contributed by atoms with van der Waals surface area (Å²) < 4.78 is 0. The van der Waals surface area contributed by atoms with Gasteiger partial charge < -0.3 is 10.2 Å². The topological polar surface area (TPSA) is 62.3 Å². The van der Waals surface area contributed by atoms with Crippen molar-refractivity contribution in [1.82, 2.24) is 15.2 Å². The van der Waals surface area contributed by atoms with E-state index < -0.39 is 6.04 Å². The third kappa shape index (κ3) is 3.76. The molecule has 6 heteroatoms. The first-order chi connectivity index (χ1) is 11.6. The predicted molar refractivity (Wildman–Crippen MR) is 94.5 cm³/mol. The van der Waals surface area contributed by atoms with E-state index in [1.54, 1.807) is 28.9 Å². The van der Waals surface area contributed by atoms with Gasteiger partial charge in [-0.25, -0.2) is 0 Å². The van der Waals surface area contributed by atoms with Crippen LogP contribution < -0.4 is 5.32 Å². The standard InChI is InChI=1S/C18H19N3O2S/c1-13-5-4-6-14(9-13)18(23)21-12-24-11-16(21)17(22)20-10-15-7-2-3-8-19-15/h2-9,16H,10-12H2,1H3,(H,20,22). The van der Waals surface area contributed by atoms with E-state index in [1.165, 1.54) is 0 Å². The van der Waals surface area contributed by atoms with Gasteiger partial charge in [-0.1, -0.05) is 23.8 Å². The lowest BCUT2D eigenvalue weighted by Gasteiger charge is -2.23. The van der Waals surface area contributed by atoms with Crippen LogP contribution in [0.4, 0.5) is 0 Å². The van der Waals surface area contributed by atoms with Crippen LogP contribution in [0.25, 0.3) is 0 Å². The molecule has 5 nitrogen and oxygen atoms in total. The van der Waals surface area contributed by atoms with E-state index in [0.29, 0.717) is 23.7 Å². The van der Waals surface area contributed by atoms with Crippen molar-refractivity contribution >= 4 is 23.6 Å². The third-order valence-corrected chi connectivity index (χ3v) is 4.89. The van der Waals surface area contributed by atoms with Crippen LogP contribution in [0.3, 0.4) is 0 Å². The fourth-order valence-electron chi connectivity index (χ4n) is 2.60. The van der Waals surface area contributed by atoms with Crippen molar-refractivity contribution in [3.8, 4) is 0 Å². The molecule has 2 aromatic rings. The van der Waals surface area contributed by atoms with Crippen LogP contribution in [0.2, 0.25) is 0 Å². The summed E-state index contributed by atoms with van der Waals surface area (Å²) in [5.74, 6) is 0.924. The average molecular weight is 341 g/mol. The molecule has 1 saturated heterocycles. The summed E-state index contributed by atoms with van der Waals surface area (Å²) in [4.78, 5) is 31.0. The Bertz CT molecular complexity index is 736. The number of aromatic nitrogens is 1. The van der Waals surface area contributed by atoms with E-state index >= 15 is 0 Å². The maximum atomic E-state index is 12.7. The molecule has 2 amide bonds. The van der Waals surface area contributed by atoms with Gasteiger partial charge in [-0.15, -0.1) is 11.8 Å². The second kappa shape index (κ2) is 7.49. The second-order valence-corrected chi connectivity index (χ2v) is 6.70. The molecular weight excluding hydrogens is 322 g/mol. The molecule has 1 fully saturated rings. The largest absolute Gasteiger partial charge is 0.349 e. The lowest BCUT2D eigenvalue weighted by molar-refractivity contribution is -0.124. The summed E-state index contributed by atoms with van der Waals surface area (Å²) in [6, 6.07) is 12.6. The Kier molecular flexibility index (Phi) is 5.15. The third-order valence-electron chi connectivity index (χ3n) is 3.88. The van der Waals surface area contributed by atoms with Crippen molar-refractivity contribution < 1.29 is 9.59 Å². The molecule has 2 heterocycles. The first-order valence-corrected chi connectivity index (χ1v) is 8.93. The van der Waals surface area contributed by atoms with Gasteiger partial charge in [0.05, 0.1) is 18.1 Å². The number of pyridine rings is 1. The van der Waals surface area contributed by atoms with E-state index in [0.717, 1.165) is 11.3 Å². The molecule has 0 radical (unpaired) electrons. The number of carbonyl (C=O) groups is 2. The fraction of sp³-hybridized carbons (Fsp3) is 0.278. The minimum atomic E-state index is -0.438. The highest BCUT2D eigenvalue weighted by Crippen LogP contribution is 2.23. The molecule has 1 aromatic heterocycles. The molecule has 1 aliphatic heterocycles. The van der Waals surface area contributed by atoms with Crippen LogP contribution in [-0.4, -0.2) is 39.4 Å². The number of carbonyl (C=O) groups excluding carboxylic acids is 2. The van der Waals surface area contributed by atoms with Gasteiger partial charge in [0.2, 0.25) is 5.91 Å². The molecule has 1 aromatic carbocycles. The molecule has 1 atom stereocenters. The maximum absolute atomic E-state index is 12.7. The van der Waals surface area contributed by atoms with E-state index in [2.05, 4.69) is 10.3 Å². The molecule has 124 valence electrons. The van der Waals surface area contributed by atoms with Crippen molar-refractivity contribution in [3.63, 3.8) is 0 Å². The Hall–Kier alpha value is -2.34. The lowest BCUT2D eigenvalue weighted by atomic mass is 10.1. The Morgan fingerprint density at radius 1 is 1.29 bits per heavy atom. The van der Waals surface area contributed by atoms with Gasteiger partial charge in [-0.05, 0) is 31.2 Å². The summed E-state index contributed by atoms with van der Waals surface area (Å²) in [5, 5.41) is 2.88. The van der Waals surface area contributed by atoms with Crippen LogP contribution in [0.15, 0.2) is 48.7 Å². The van der Waals surface area contributed by atoms with E-state index in [-0.39, 0.29) is 11.8 Å². The quantitative estimate of drug-likeness (QED) is 0.926. The van der Waals surface area contributed by atoms with Gasteiger partial charge in [-0.3, -0.25) is 14.6 Å². The number of aryl methyl sites for hydroxylation is 1. The van der Waals surface area contributed by atoms with Gasteiger partial charge in [0.25, 0.3) is 5.91 Å². The van der Waals surface area contributed by atoms with E-state index in [1.807, 2.05) is 43.3 Å². The molecule has 1 N–H and O–H groups in total. The fourth-order valence-corrected chi connectivity index (χ4v) is 3.76. The number of thioether (sulfide) groups is 1. The molecule has 1 unspecified atom stereocenters. The van der Waals surface area contributed by atoms with Gasteiger partial charge in [-0.2, -0.15) is 0 Å². The van der Waals surface area contributed by atoms with Gasteiger partial charge >= 0.3 is 0 Å². The van der Waals surface area contributed by atoms with Gasteiger partial charge in [0.15, 0.2) is 0 Å². The molecule has 0 spiro atoms. The molecule has 0 saturated carbocycles. The molecular formula is C18H19N3O2S. The summed E-state index contributed by atoms with van der Waals surface area (Å²) >= 11 is 1.60. The van der Waals surface area contributed by atoms with Crippen molar-refractivity contribution in [2.45, 2.75) is 19.5 Å². The highest BCUT2D eigenvalue weighted by Gasteiger charge is 2.34. The van der Waals surface area contributed by atoms with E-state index in [4.69, 9.17) is 0 Å². The molecule has 0 aliphatic carbocycles. The zero-order valence-electron chi connectivity index (χ0n) is 13.4. The highest BCUT2D eigenvalue weighted by molar-refractivity contribution is 7.99. The number of nitrogens with one attached hydrogen (secondary N) is 1.